The molecule has 102 valence electrons. The van der Waals surface area contributed by atoms with Crippen LogP contribution in [0.2, 0.25) is 0 Å². The summed E-state index contributed by atoms with van der Waals surface area (Å²) in [7, 11) is 0. The van der Waals surface area contributed by atoms with Crippen LogP contribution in [0.25, 0.3) is 10.9 Å². The highest BCUT2D eigenvalue weighted by Crippen LogP contribution is 2.26. The molecule has 1 atom stereocenters. The van der Waals surface area contributed by atoms with E-state index < -0.39 is 11.9 Å². The summed E-state index contributed by atoms with van der Waals surface area (Å²) in [5.74, 6) is -1.94. The predicted octanol–water partition coefficient (Wildman–Crippen LogP) is 0.361. The molecule has 2 N–H and O–H groups in total. The van der Waals surface area contributed by atoms with E-state index in [2.05, 4.69) is 9.97 Å². The Labute approximate surface area is 112 Å². The lowest BCUT2D eigenvalue weighted by Crippen LogP contribution is -2.26. The molecular weight excluding hydrogens is 262 g/mol. The number of carbonyl (C=O) groups is 2. The lowest BCUT2D eigenvalue weighted by molar-refractivity contribution is -0.141. The highest BCUT2D eigenvalue weighted by atomic mass is 16.4. The second kappa shape index (κ2) is 4.44. The zero-order valence-corrected chi connectivity index (χ0v) is 10.4. The number of H-pyrrole nitrogens is 1. The molecular formula is C13H11N3O4. The molecule has 1 unspecified atom stereocenters. The Morgan fingerprint density at radius 2 is 2.20 bits per heavy atom. The summed E-state index contributed by atoms with van der Waals surface area (Å²) < 4.78 is 0. The Morgan fingerprint density at radius 3 is 2.90 bits per heavy atom. The minimum absolute atomic E-state index is 0.0171. The first-order valence-corrected chi connectivity index (χ1v) is 6.07. The molecule has 2 heterocycles. The first kappa shape index (κ1) is 12.3. The fraction of sp³-hybridized carbons (Fsp3) is 0.231. The van der Waals surface area contributed by atoms with Gasteiger partial charge in [-0.15, -0.1) is 0 Å². The van der Waals surface area contributed by atoms with Crippen LogP contribution in [0.3, 0.4) is 0 Å². The van der Waals surface area contributed by atoms with Gasteiger partial charge in [0.25, 0.3) is 5.56 Å². The Kier molecular flexibility index (Phi) is 2.74. The highest BCUT2D eigenvalue weighted by Gasteiger charge is 2.35. The van der Waals surface area contributed by atoms with Gasteiger partial charge in [0, 0.05) is 18.7 Å². The number of hydrogen-bond donors (Lipinski definition) is 2. The molecule has 2 aromatic rings. The summed E-state index contributed by atoms with van der Waals surface area (Å²) in [6.45, 7) is 0.123. The van der Waals surface area contributed by atoms with Crippen molar-refractivity contribution in [2.24, 2.45) is 5.92 Å². The summed E-state index contributed by atoms with van der Waals surface area (Å²) in [4.78, 5) is 42.4. The number of nitrogens with zero attached hydrogens (tertiary/aromatic N) is 2. The third-order valence-corrected chi connectivity index (χ3v) is 3.41. The molecule has 1 aromatic heterocycles. The number of rotatable bonds is 2. The lowest BCUT2D eigenvalue weighted by atomic mass is 10.1. The van der Waals surface area contributed by atoms with Crippen molar-refractivity contribution in [3.8, 4) is 0 Å². The topological polar surface area (TPSA) is 103 Å². The Bertz CT molecular complexity index is 768. The third kappa shape index (κ3) is 1.93. The van der Waals surface area contributed by atoms with Crippen LogP contribution < -0.4 is 10.5 Å². The van der Waals surface area contributed by atoms with E-state index in [9.17, 15) is 14.4 Å². The maximum atomic E-state index is 11.9. The van der Waals surface area contributed by atoms with E-state index in [1.807, 2.05) is 0 Å². The standard InChI is InChI=1S/C13H11N3O4/c17-11-3-7(13(19)20)5-16(11)8-1-2-10-9(4-8)12(18)15-6-14-10/h1-2,4,6-7H,3,5H2,(H,19,20)(H,14,15,18). The second-order valence-corrected chi connectivity index (χ2v) is 4.68. The van der Waals surface area contributed by atoms with Crippen LogP contribution in [0.5, 0.6) is 0 Å². The number of carboxylic acid groups (broad SMARTS) is 1. The van der Waals surface area contributed by atoms with Gasteiger partial charge in [0.2, 0.25) is 5.91 Å². The number of nitrogens with one attached hydrogen (secondary N) is 1. The first-order valence-electron chi connectivity index (χ1n) is 6.07. The van der Waals surface area contributed by atoms with Crippen LogP contribution in [0.15, 0.2) is 29.3 Å². The van der Waals surface area contributed by atoms with Crippen LogP contribution >= 0.6 is 0 Å². The summed E-state index contributed by atoms with van der Waals surface area (Å²) in [5.41, 5.74) is 0.752. The molecule has 1 amide bonds. The Hall–Kier alpha value is -2.70. The van der Waals surface area contributed by atoms with Gasteiger partial charge < -0.3 is 15.0 Å². The maximum Gasteiger partial charge on any atom is 0.308 e. The minimum Gasteiger partial charge on any atom is -0.481 e. The number of carboxylic acids is 1. The normalized spacial score (nSPS) is 18.7. The summed E-state index contributed by atoms with van der Waals surface area (Å²) in [6.07, 6.45) is 1.29. The fourth-order valence-corrected chi connectivity index (χ4v) is 2.35. The van der Waals surface area contributed by atoms with E-state index in [4.69, 9.17) is 5.11 Å². The summed E-state index contributed by atoms with van der Waals surface area (Å²) in [6, 6.07) is 4.86. The molecule has 7 heteroatoms. The Morgan fingerprint density at radius 1 is 1.40 bits per heavy atom. The van der Waals surface area contributed by atoms with Crippen LogP contribution in [0.4, 0.5) is 5.69 Å². The number of aromatic amines is 1. The Balaban J connectivity index is 2.03. The summed E-state index contributed by atoms with van der Waals surface area (Å²) in [5, 5.41) is 9.34. The molecule has 0 bridgehead atoms. The van der Waals surface area contributed by atoms with Crippen molar-refractivity contribution in [1.82, 2.24) is 9.97 Å². The van der Waals surface area contributed by atoms with Gasteiger partial charge in [-0.1, -0.05) is 0 Å². The van der Waals surface area contributed by atoms with E-state index in [-0.39, 0.29) is 24.4 Å². The van der Waals surface area contributed by atoms with Gasteiger partial charge in [0.1, 0.15) is 0 Å². The van der Waals surface area contributed by atoms with Gasteiger partial charge in [-0.2, -0.15) is 0 Å². The monoisotopic (exact) mass is 273 g/mol. The molecule has 7 nitrogen and oxygen atoms in total. The van der Waals surface area contributed by atoms with Gasteiger partial charge in [-0.3, -0.25) is 14.4 Å². The molecule has 20 heavy (non-hydrogen) atoms. The lowest BCUT2D eigenvalue weighted by Gasteiger charge is -2.16. The van der Waals surface area contributed by atoms with Crippen LogP contribution in [0, 0.1) is 5.92 Å². The largest absolute Gasteiger partial charge is 0.481 e. The zero-order valence-electron chi connectivity index (χ0n) is 10.4. The predicted molar refractivity (Wildman–Crippen MR) is 70.5 cm³/mol. The van der Waals surface area contributed by atoms with E-state index in [0.29, 0.717) is 16.6 Å². The van der Waals surface area contributed by atoms with Gasteiger partial charge in [-0.05, 0) is 18.2 Å². The number of carbonyl (C=O) groups excluding carboxylic acids is 1. The average Bonchev–Trinajstić information content (AvgIpc) is 2.81. The van der Waals surface area contributed by atoms with Crippen LogP contribution in [-0.2, 0) is 9.59 Å². The van der Waals surface area contributed by atoms with E-state index >= 15 is 0 Å². The number of fused-ring (bicyclic) bond motifs is 1. The maximum absolute atomic E-state index is 11.9. The number of hydrogen-bond acceptors (Lipinski definition) is 4. The number of benzene rings is 1. The van der Waals surface area contributed by atoms with Gasteiger partial charge in [-0.25, -0.2) is 4.98 Å². The molecule has 1 aliphatic heterocycles. The molecule has 0 spiro atoms. The number of anilines is 1. The molecule has 0 aliphatic carbocycles. The van der Waals surface area contributed by atoms with E-state index in [1.165, 1.54) is 11.2 Å². The van der Waals surface area contributed by atoms with Crippen LogP contribution in [-0.4, -0.2) is 33.5 Å². The van der Waals surface area contributed by atoms with E-state index in [1.54, 1.807) is 18.2 Å². The number of amides is 1. The third-order valence-electron chi connectivity index (χ3n) is 3.41. The zero-order chi connectivity index (χ0) is 14.3. The first-order chi connectivity index (χ1) is 9.56. The second-order valence-electron chi connectivity index (χ2n) is 4.68. The molecule has 1 aliphatic rings. The van der Waals surface area contributed by atoms with Crippen molar-refractivity contribution in [2.45, 2.75) is 6.42 Å². The molecule has 0 saturated carbocycles. The average molecular weight is 273 g/mol. The van der Waals surface area contributed by atoms with Crippen molar-refractivity contribution < 1.29 is 14.7 Å². The molecule has 3 rings (SSSR count). The van der Waals surface area contributed by atoms with Crippen molar-refractivity contribution in [1.29, 1.82) is 0 Å². The highest BCUT2D eigenvalue weighted by molar-refractivity contribution is 6.00. The number of aliphatic carboxylic acids is 1. The fourth-order valence-electron chi connectivity index (χ4n) is 2.35. The smallest absolute Gasteiger partial charge is 0.308 e. The van der Waals surface area contributed by atoms with Crippen LogP contribution in [0.1, 0.15) is 6.42 Å². The SMILES string of the molecule is O=C(O)C1CC(=O)N(c2ccc3nc[nH]c(=O)c3c2)C1. The summed E-state index contributed by atoms with van der Waals surface area (Å²) >= 11 is 0. The molecule has 1 aromatic carbocycles. The van der Waals surface area contributed by atoms with Crippen molar-refractivity contribution in [2.75, 3.05) is 11.4 Å². The van der Waals surface area contributed by atoms with Crippen molar-refractivity contribution in [3.63, 3.8) is 0 Å². The quantitative estimate of drug-likeness (QED) is 0.822. The van der Waals surface area contributed by atoms with Gasteiger partial charge in [0.15, 0.2) is 0 Å². The van der Waals surface area contributed by atoms with Gasteiger partial charge in [0.05, 0.1) is 23.1 Å². The molecule has 0 radical (unpaired) electrons. The minimum atomic E-state index is -0.985. The molecule has 1 saturated heterocycles. The number of aromatic nitrogens is 2. The van der Waals surface area contributed by atoms with Crippen molar-refractivity contribution in [3.05, 3.63) is 34.9 Å². The van der Waals surface area contributed by atoms with E-state index in [0.717, 1.165) is 0 Å². The van der Waals surface area contributed by atoms with Gasteiger partial charge >= 0.3 is 5.97 Å². The van der Waals surface area contributed by atoms with Crippen molar-refractivity contribution >= 4 is 28.5 Å². The molecule has 1 fully saturated rings.